The summed E-state index contributed by atoms with van der Waals surface area (Å²) in [4.78, 5) is 19.0. The summed E-state index contributed by atoms with van der Waals surface area (Å²) in [5.74, 6) is -0.286. The first-order valence-electron chi connectivity index (χ1n) is 10.6. The quantitative estimate of drug-likeness (QED) is 0.467. The van der Waals surface area contributed by atoms with Gasteiger partial charge in [-0.1, -0.05) is 18.9 Å². The Kier molecular flexibility index (Phi) is 5.28. The summed E-state index contributed by atoms with van der Waals surface area (Å²) in [6, 6.07) is 6.78. The molecule has 1 atom stereocenters. The highest BCUT2D eigenvalue weighted by atomic mass is 19.3. The van der Waals surface area contributed by atoms with E-state index in [1.165, 1.54) is 12.3 Å². The van der Waals surface area contributed by atoms with Gasteiger partial charge in [0.05, 0.1) is 17.2 Å². The molecule has 10 heteroatoms. The van der Waals surface area contributed by atoms with Gasteiger partial charge in [0, 0.05) is 36.4 Å². The first-order chi connectivity index (χ1) is 15.5. The number of alkyl halides is 3. The smallest absolute Gasteiger partial charge is 0.289 e. The predicted octanol–water partition coefficient (Wildman–Crippen LogP) is 4.50. The molecule has 0 bridgehead atoms. The van der Waals surface area contributed by atoms with Crippen molar-refractivity contribution in [2.24, 2.45) is 0 Å². The van der Waals surface area contributed by atoms with Gasteiger partial charge in [0.2, 0.25) is 0 Å². The number of carbonyl (C=O) groups is 1. The van der Waals surface area contributed by atoms with Crippen molar-refractivity contribution in [2.75, 3.05) is 13.1 Å². The third-order valence-corrected chi connectivity index (χ3v) is 5.83. The number of pyridine rings is 2. The van der Waals surface area contributed by atoms with Gasteiger partial charge in [0.15, 0.2) is 0 Å². The molecule has 0 N–H and O–H groups in total. The Balaban J connectivity index is 1.64. The minimum Gasteiger partial charge on any atom is -0.337 e. The van der Waals surface area contributed by atoms with E-state index in [1.54, 1.807) is 33.9 Å². The fourth-order valence-electron chi connectivity index (χ4n) is 4.20. The number of carbonyl (C=O) groups excluding carboxylic acids is 1. The first kappa shape index (κ1) is 20.5. The summed E-state index contributed by atoms with van der Waals surface area (Å²) in [6.45, 7) is 1.24. The Morgan fingerprint density at radius 1 is 1.00 bits per heavy atom. The summed E-state index contributed by atoms with van der Waals surface area (Å²) in [7, 11) is 0. The molecule has 1 amide bonds. The van der Waals surface area contributed by atoms with Crippen LogP contribution >= 0.6 is 0 Å². The third kappa shape index (κ3) is 3.49. The lowest BCUT2D eigenvalue weighted by Crippen LogP contribution is -2.32. The van der Waals surface area contributed by atoms with Crippen LogP contribution in [0.25, 0.3) is 27.7 Å². The average Bonchev–Trinajstić information content (AvgIpc) is 3.28. The van der Waals surface area contributed by atoms with Crippen LogP contribution in [0, 0.1) is 0 Å². The molecule has 7 nitrogen and oxygen atoms in total. The lowest BCUT2D eigenvalue weighted by atomic mass is 10.1. The molecule has 4 aromatic heterocycles. The molecule has 1 fully saturated rings. The number of nitrogens with zero attached hydrogens (tertiary/aromatic N) is 6. The molecule has 0 saturated carbocycles. The van der Waals surface area contributed by atoms with Crippen molar-refractivity contribution >= 4 is 22.3 Å². The predicted molar refractivity (Wildman–Crippen MR) is 112 cm³/mol. The van der Waals surface area contributed by atoms with E-state index in [0.29, 0.717) is 34.2 Å². The summed E-state index contributed by atoms with van der Waals surface area (Å²) < 4.78 is 43.4. The highest BCUT2D eigenvalue weighted by Gasteiger charge is 2.28. The van der Waals surface area contributed by atoms with Crippen molar-refractivity contribution < 1.29 is 18.0 Å². The van der Waals surface area contributed by atoms with E-state index in [-0.39, 0.29) is 22.8 Å². The van der Waals surface area contributed by atoms with Gasteiger partial charge >= 0.3 is 0 Å². The van der Waals surface area contributed by atoms with Crippen molar-refractivity contribution in [2.45, 2.75) is 38.4 Å². The zero-order valence-corrected chi connectivity index (χ0v) is 17.2. The lowest BCUT2D eigenvalue weighted by molar-refractivity contribution is 0.00357. The van der Waals surface area contributed by atoms with Gasteiger partial charge in [-0.15, -0.1) is 0 Å². The summed E-state index contributed by atoms with van der Waals surface area (Å²) in [5.41, 5.74) is 1.72. The molecular weight excluding hydrogens is 421 g/mol. The number of rotatable bonds is 4. The number of likely N-dealkylation sites (tertiary alicyclic amines) is 1. The lowest BCUT2D eigenvalue weighted by Gasteiger charge is -2.19. The van der Waals surface area contributed by atoms with Gasteiger partial charge in [0.1, 0.15) is 11.4 Å². The van der Waals surface area contributed by atoms with Crippen LogP contribution in [0.2, 0.25) is 0 Å². The summed E-state index contributed by atoms with van der Waals surface area (Å²) in [6.07, 6.45) is 2.70. The van der Waals surface area contributed by atoms with Gasteiger partial charge in [-0.05, 0) is 31.0 Å². The highest BCUT2D eigenvalue weighted by Crippen LogP contribution is 2.34. The highest BCUT2D eigenvalue weighted by molar-refractivity contribution is 6.01. The van der Waals surface area contributed by atoms with Gasteiger partial charge in [0.25, 0.3) is 18.6 Å². The average molecular weight is 442 g/mol. The number of hydrogen-bond acceptors (Lipinski definition) is 4. The fraction of sp³-hybridized carbons (Fsp3) is 0.364. The number of fused-ring (bicyclic) bond motifs is 2. The zero-order chi connectivity index (χ0) is 22.2. The molecular formula is C22H21F3N6O. The van der Waals surface area contributed by atoms with Crippen LogP contribution in [0.15, 0.2) is 42.9 Å². The first-order valence-corrected chi connectivity index (χ1v) is 10.6. The maximum absolute atomic E-state index is 14.5. The molecule has 1 aliphatic rings. The van der Waals surface area contributed by atoms with Crippen molar-refractivity contribution in [3.05, 3.63) is 48.5 Å². The molecule has 166 valence electrons. The van der Waals surface area contributed by atoms with E-state index >= 15 is 0 Å². The van der Waals surface area contributed by atoms with Crippen LogP contribution < -0.4 is 0 Å². The number of halogens is 3. The Bertz CT molecular complexity index is 1280. The Morgan fingerprint density at radius 3 is 2.53 bits per heavy atom. The van der Waals surface area contributed by atoms with Gasteiger partial charge in [-0.3, -0.25) is 9.78 Å². The van der Waals surface area contributed by atoms with Crippen LogP contribution in [-0.4, -0.2) is 54.7 Å². The topological polar surface area (TPSA) is 68.3 Å². The second-order valence-corrected chi connectivity index (χ2v) is 7.88. The Hall–Kier alpha value is -3.43. The Labute approximate surface area is 181 Å². The third-order valence-electron chi connectivity index (χ3n) is 5.83. The van der Waals surface area contributed by atoms with Crippen molar-refractivity contribution in [1.29, 1.82) is 0 Å². The molecule has 0 spiro atoms. The van der Waals surface area contributed by atoms with Gasteiger partial charge in [-0.25, -0.2) is 22.4 Å². The molecule has 0 aromatic carbocycles. The van der Waals surface area contributed by atoms with E-state index in [2.05, 4.69) is 15.2 Å². The van der Waals surface area contributed by atoms with Crippen LogP contribution in [-0.2, 0) is 0 Å². The summed E-state index contributed by atoms with van der Waals surface area (Å²) >= 11 is 0. The van der Waals surface area contributed by atoms with E-state index in [0.717, 1.165) is 25.7 Å². The zero-order valence-electron chi connectivity index (χ0n) is 17.2. The SMILES string of the molecule is O=C(c1cc2c(cn1)c(-c1cnn3ccccc13)nn2C(F)C(F)F)N1CCCCCC1. The molecule has 4 aromatic rings. The van der Waals surface area contributed by atoms with Crippen molar-refractivity contribution in [3.63, 3.8) is 0 Å². The maximum Gasteiger partial charge on any atom is 0.289 e. The van der Waals surface area contributed by atoms with Crippen LogP contribution in [0.5, 0.6) is 0 Å². The molecule has 1 unspecified atom stereocenters. The standard InChI is InChI=1S/C22H21F3N6O/c23-20(24)21(25)31-18-11-16(22(32)29-8-4-1-2-5-9-29)26-12-14(18)19(28-31)15-13-27-30-10-6-3-7-17(15)30/h3,6-7,10-13,20-21H,1-2,4-5,8-9H2. The van der Waals surface area contributed by atoms with E-state index in [9.17, 15) is 18.0 Å². The molecule has 5 heterocycles. The van der Waals surface area contributed by atoms with E-state index in [1.807, 2.05) is 6.07 Å². The normalized spacial score (nSPS) is 16.1. The van der Waals surface area contributed by atoms with Crippen LogP contribution in [0.3, 0.4) is 0 Å². The second kappa shape index (κ2) is 8.25. The summed E-state index contributed by atoms with van der Waals surface area (Å²) in [5, 5.41) is 8.80. The number of hydrogen-bond donors (Lipinski definition) is 0. The monoisotopic (exact) mass is 442 g/mol. The fourth-order valence-corrected chi connectivity index (χ4v) is 4.20. The molecule has 0 radical (unpaired) electrons. The largest absolute Gasteiger partial charge is 0.337 e. The van der Waals surface area contributed by atoms with Crippen molar-refractivity contribution in [3.8, 4) is 11.3 Å². The molecule has 0 aliphatic carbocycles. The number of aromatic nitrogens is 5. The van der Waals surface area contributed by atoms with Crippen molar-refractivity contribution in [1.82, 2.24) is 29.3 Å². The van der Waals surface area contributed by atoms with Gasteiger partial charge < -0.3 is 4.90 Å². The van der Waals surface area contributed by atoms with Crippen LogP contribution in [0.1, 0.15) is 42.5 Å². The maximum atomic E-state index is 14.5. The number of amides is 1. The minimum absolute atomic E-state index is 0.0911. The van der Waals surface area contributed by atoms with E-state index in [4.69, 9.17) is 0 Å². The minimum atomic E-state index is -3.27. The second-order valence-electron chi connectivity index (χ2n) is 7.88. The molecule has 1 aliphatic heterocycles. The van der Waals surface area contributed by atoms with E-state index < -0.39 is 12.7 Å². The van der Waals surface area contributed by atoms with Crippen LogP contribution in [0.4, 0.5) is 13.2 Å². The molecule has 5 rings (SSSR count). The molecule has 1 saturated heterocycles. The Morgan fingerprint density at radius 2 is 1.78 bits per heavy atom. The van der Waals surface area contributed by atoms with Gasteiger partial charge in [-0.2, -0.15) is 10.2 Å². The molecule has 32 heavy (non-hydrogen) atoms.